The molecule has 0 aromatic carbocycles. The van der Waals surface area contributed by atoms with E-state index in [2.05, 4.69) is 25.8 Å². The van der Waals surface area contributed by atoms with Crippen molar-refractivity contribution in [1.29, 1.82) is 0 Å². The molecule has 0 unspecified atom stereocenters. The van der Waals surface area contributed by atoms with Crippen molar-refractivity contribution in [2.45, 2.75) is 13.5 Å². The first kappa shape index (κ1) is 17.8. The average molecular weight is 405 g/mol. The number of guanidine groups is 1. The van der Waals surface area contributed by atoms with Crippen LogP contribution in [0, 0.1) is 0 Å². The number of nitrogens with one attached hydrogen (secondary N) is 1. The minimum Gasteiger partial charge on any atom is -0.353 e. The second kappa shape index (κ2) is 8.26. The van der Waals surface area contributed by atoms with Crippen LogP contribution in [0.15, 0.2) is 23.3 Å². The summed E-state index contributed by atoms with van der Waals surface area (Å²) in [6.45, 7) is 5.56. The van der Waals surface area contributed by atoms with Crippen LogP contribution in [0.1, 0.15) is 12.6 Å². The average Bonchev–Trinajstić information content (AvgIpc) is 2.85. The number of amides is 1. The molecule has 118 valence electrons. The monoisotopic (exact) mass is 405 g/mol. The van der Waals surface area contributed by atoms with Gasteiger partial charge in [-0.05, 0) is 12.1 Å². The second-order valence-corrected chi connectivity index (χ2v) is 5.00. The van der Waals surface area contributed by atoms with E-state index in [-0.39, 0.29) is 29.9 Å². The maximum atomic E-state index is 11.3. The quantitative estimate of drug-likeness (QED) is 0.452. The van der Waals surface area contributed by atoms with Crippen molar-refractivity contribution in [2.75, 3.05) is 33.2 Å². The number of halogens is 1. The van der Waals surface area contributed by atoms with E-state index in [1.54, 1.807) is 14.0 Å². The van der Waals surface area contributed by atoms with Crippen LogP contribution in [0.5, 0.6) is 0 Å². The number of carbonyl (C=O) groups excluding carboxylic acids is 1. The summed E-state index contributed by atoms with van der Waals surface area (Å²) in [5.41, 5.74) is 1.22. The van der Waals surface area contributed by atoms with Gasteiger partial charge in [-0.3, -0.25) is 9.79 Å². The maximum Gasteiger partial charge on any atom is 0.219 e. The Kier molecular flexibility index (Phi) is 7.00. The highest BCUT2D eigenvalue weighted by Gasteiger charge is 2.20. The van der Waals surface area contributed by atoms with Crippen LogP contribution < -0.4 is 5.32 Å². The van der Waals surface area contributed by atoms with Crippen LogP contribution in [-0.4, -0.2) is 59.5 Å². The van der Waals surface area contributed by atoms with Crippen molar-refractivity contribution in [2.24, 2.45) is 12.0 Å². The standard InChI is InChI=1S/C14H23N5O.HI/c1-12(20)18-7-9-19(10-8-18)14(15-2)16-11-13-5-4-6-17(13)3;/h4-6H,7-11H2,1-3H3,(H,15,16);1H. The van der Waals surface area contributed by atoms with Gasteiger partial charge >= 0.3 is 0 Å². The second-order valence-electron chi connectivity index (χ2n) is 5.00. The fraction of sp³-hybridized carbons (Fsp3) is 0.571. The van der Waals surface area contributed by atoms with Crippen molar-refractivity contribution in [3.63, 3.8) is 0 Å². The highest BCUT2D eigenvalue weighted by Crippen LogP contribution is 2.04. The van der Waals surface area contributed by atoms with Gasteiger partial charge in [-0.15, -0.1) is 24.0 Å². The Hall–Kier alpha value is -1.25. The Labute approximate surface area is 143 Å². The number of hydrogen-bond donors (Lipinski definition) is 1. The van der Waals surface area contributed by atoms with Crippen molar-refractivity contribution >= 4 is 35.8 Å². The summed E-state index contributed by atoms with van der Waals surface area (Å²) in [5.74, 6) is 1.05. The summed E-state index contributed by atoms with van der Waals surface area (Å²) in [7, 11) is 3.83. The third-order valence-electron chi connectivity index (χ3n) is 3.72. The molecule has 0 atom stereocenters. The molecule has 2 rings (SSSR count). The highest BCUT2D eigenvalue weighted by molar-refractivity contribution is 14.0. The molecule has 1 saturated heterocycles. The summed E-state index contributed by atoms with van der Waals surface area (Å²) < 4.78 is 2.09. The van der Waals surface area contributed by atoms with Crippen LogP contribution in [0.4, 0.5) is 0 Å². The van der Waals surface area contributed by atoms with Crippen molar-refractivity contribution < 1.29 is 4.79 Å². The summed E-state index contributed by atoms with van der Waals surface area (Å²) in [4.78, 5) is 19.7. The Bertz CT molecular complexity index is 491. The lowest BCUT2D eigenvalue weighted by Gasteiger charge is -2.36. The molecule has 1 aliphatic heterocycles. The molecule has 6 nitrogen and oxygen atoms in total. The molecule has 0 bridgehead atoms. The van der Waals surface area contributed by atoms with Crippen molar-refractivity contribution in [3.05, 3.63) is 24.0 Å². The van der Waals surface area contributed by atoms with Gasteiger partial charge in [0, 0.05) is 59.1 Å². The molecule has 2 heterocycles. The van der Waals surface area contributed by atoms with Gasteiger partial charge < -0.3 is 19.7 Å². The summed E-state index contributed by atoms with van der Waals surface area (Å²) in [6, 6.07) is 4.12. The fourth-order valence-corrected chi connectivity index (χ4v) is 2.42. The lowest BCUT2D eigenvalue weighted by molar-refractivity contribution is -0.130. The zero-order valence-electron chi connectivity index (χ0n) is 12.9. The topological polar surface area (TPSA) is 52.9 Å². The molecule has 7 heteroatoms. The number of hydrogen-bond acceptors (Lipinski definition) is 2. The molecule has 1 aliphatic rings. The van der Waals surface area contributed by atoms with E-state index < -0.39 is 0 Å². The predicted octanol–water partition coefficient (Wildman–Crippen LogP) is 0.883. The summed E-state index contributed by atoms with van der Waals surface area (Å²) in [5, 5.41) is 3.38. The number of nitrogens with zero attached hydrogens (tertiary/aromatic N) is 4. The number of aromatic nitrogens is 1. The van der Waals surface area contributed by atoms with E-state index in [1.165, 1.54) is 5.69 Å². The van der Waals surface area contributed by atoms with E-state index in [0.29, 0.717) is 0 Å². The number of piperazine rings is 1. The third-order valence-corrected chi connectivity index (χ3v) is 3.72. The van der Waals surface area contributed by atoms with E-state index >= 15 is 0 Å². The first-order valence-electron chi connectivity index (χ1n) is 6.93. The largest absolute Gasteiger partial charge is 0.353 e. The normalized spacial score (nSPS) is 15.7. The van der Waals surface area contributed by atoms with Gasteiger partial charge in [0.15, 0.2) is 5.96 Å². The minimum absolute atomic E-state index is 0. The molecule has 0 radical (unpaired) electrons. The molecule has 1 aromatic heterocycles. The van der Waals surface area contributed by atoms with Gasteiger partial charge in [0.1, 0.15) is 0 Å². The molecule has 1 N–H and O–H groups in total. The molecule has 1 fully saturated rings. The Balaban J connectivity index is 0.00000220. The van der Waals surface area contributed by atoms with E-state index in [4.69, 9.17) is 0 Å². The zero-order chi connectivity index (χ0) is 14.5. The lowest BCUT2D eigenvalue weighted by atomic mass is 10.3. The maximum absolute atomic E-state index is 11.3. The smallest absolute Gasteiger partial charge is 0.219 e. The number of carbonyl (C=O) groups is 1. The van der Waals surface area contributed by atoms with Gasteiger partial charge in [0.2, 0.25) is 5.91 Å². The number of aliphatic imine (C=N–C) groups is 1. The number of rotatable bonds is 2. The molecular formula is C14H24IN5O. The molecular weight excluding hydrogens is 381 g/mol. The first-order valence-corrected chi connectivity index (χ1v) is 6.93. The van der Waals surface area contributed by atoms with Crippen molar-refractivity contribution in [3.8, 4) is 0 Å². The minimum atomic E-state index is 0. The van der Waals surface area contributed by atoms with Crippen LogP contribution in [0.25, 0.3) is 0 Å². The first-order chi connectivity index (χ1) is 9.61. The Morgan fingerprint density at radius 1 is 1.29 bits per heavy atom. The zero-order valence-corrected chi connectivity index (χ0v) is 15.2. The van der Waals surface area contributed by atoms with Crippen molar-refractivity contribution in [1.82, 2.24) is 19.7 Å². The molecule has 0 spiro atoms. The molecule has 0 saturated carbocycles. The highest BCUT2D eigenvalue weighted by atomic mass is 127. The number of aryl methyl sites for hydroxylation is 1. The predicted molar refractivity (Wildman–Crippen MR) is 94.9 cm³/mol. The Morgan fingerprint density at radius 3 is 2.38 bits per heavy atom. The Morgan fingerprint density at radius 2 is 1.90 bits per heavy atom. The lowest BCUT2D eigenvalue weighted by Crippen LogP contribution is -2.53. The van der Waals surface area contributed by atoms with Gasteiger partial charge in [0.05, 0.1) is 6.54 Å². The van der Waals surface area contributed by atoms with Crippen LogP contribution in [-0.2, 0) is 18.4 Å². The van der Waals surface area contributed by atoms with Crippen LogP contribution in [0.2, 0.25) is 0 Å². The van der Waals surface area contributed by atoms with E-state index in [9.17, 15) is 4.79 Å². The van der Waals surface area contributed by atoms with Gasteiger partial charge in [-0.1, -0.05) is 0 Å². The summed E-state index contributed by atoms with van der Waals surface area (Å²) in [6.07, 6.45) is 2.03. The molecule has 0 aliphatic carbocycles. The molecule has 1 amide bonds. The summed E-state index contributed by atoms with van der Waals surface area (Å²) >= 11 is 0. The van der Waals surface area contributed by atoms with Crippen LogP contribution in [0.3, 0.4) is 0 Å². The van der Waals surface area contributed by atoms with Crippen LogP contribution >= 0.6 is 24.0 Å². The molecule has 21 heavy (non-hydrogen) atoms. The van der Waals surface area contributed by atoms with Gasteiger partial charge in [0.25, 0.3) is 0 Å². The third kappa shape index (κ3) is 4.62. The SMILES string of the molecule is CN=C(NCc1cccn1C)N1CCN(C(C)=O)CC1.I. The van der Waals surface area contributed by atoms with Gasteiger partial charge in [-0.25, -0.2) is 0 Å². The van der Waals surface area contributed by atoms with E-state index in [0.717, 1.165) is 38.7 Å². The fourth-order valence-electron chi connectivity index (χ4n) is 2.42. The van der Waals surface area contributed by atoms with E-state index in [1.807, 2.05) is 24.2 Å². The molecule has 1 aromatic rings. The van der Waals surface area contributed by atoms with Gasteiger partial charge in [-0.2, -0.15) is 0 Å².